The quantitative estimate of drug-likeness (QED) is 0.255. The molecule has 0 aromatic carbocycles. The molecule has 0 aromatic heterocycles. The number of carbonyl (C=O) groups is 3. The van der Waals surface area contributed by atoms with Gasteiger partial charge >= 0.3 is 142 Å². The normalized spacial score (nSPS) is 9.52. The van der Waals surface area contributed by atoms with Crippen LogP contribution in [-0.4, -0.2) is 43.3 Å². The van der Waals surface area contributed by atoms with Gasteiger partial charge in [-0.15, -0.1) is 0 Å². The molecule has 0 atom stereocenters. The number of rotatable bonds is 5. The molecular formula is C6H10K2NaO11P. The third-order valence-electron chi connectivity index (χ3n) is 1.25. The standard InChI is InChI=1S/C6H8O7.2K.Na.H3O4P.H/c7-3(8)1-6(13,5(11)12)2-4(9)10;;;;1-5(2,3)4;/h13H,1-2H2,(H,7,8)(H,9,10)(H,11,12);;;;(H3,1,2,3,4);/q;3*+1;;-1/p-2. The van der Waals surface area contributed by atoms with Crippen LogP contribution >= 0.6 is 7.82 Å². The second kappa shape index (κ2) is 16.2. The topological polar surface area (TPSA) is 218 Å². The van der Waals surface area contributed by atoms with Crippen molar-refractivity contribution in [3.8, 4) is 0 Å². The van der Waals surface area contributed by atoms with Crippen LogP contribution in [0.2, 0.25) is 0 Å². The van der Waals surface area contributed by atoms with Gasteiger partial charge in [0, 0.05) is 24.8 Å². The Balaban J connectivity index is -0.0000000455. The van der Waals surface area contributed by atoms with E-state index < -0.39 is 44.2 Å². The van der Waals surface area contributed by atoms with E-state index >= 15 is 0 Å². The molecule has 0 amide bonds. The van der Waals surface area contributed by atoms with Crippen molar-refractivity contribution in [3.05, 3.63) is 0 Å². The molecule has 108 valence electrons. The average molecular weight is 390 g/mol. The first kappa shape index (κ1) is 35.0. The van der Waals surface area contributed by atoms with Crippen molar-refractivity contribution in [3.63, 3.8) is 0 Å². The Morgan fingerprint density at radius 3 is 1.29 bits per heavy atom. The smallest absolute Gasteiger partial charge is 1.00 e. The van der Waals surface area contributed by atoms with Crippen LogP contribution in [0.4, 0.5) is 0 Å². The fourth-order valence-electron chi connectivity index (χ4n) is 0.684. The van der Waals surface area contributed by atoms with E-state index in [-0.39, 0.29) is 135 Å². The summed E-state index contributed by atoms with van der Waals surface area (Å²) < 4.78 is 8.88. The van der Waals surface area contributed by atoms with Crippen molar-refractivity contribution < 1.29 is 189 Å². The summed E-state index contributed by atoms with van der Waals surface area (Å²) in [4.78, 5) is 51.6. The zero-order valence-corrected chi connectivity index (χ0v) is 20.6. The van der Waals surface area contributed by atoms with E-state index in [1.807, 2.05) is 0 Å². The first-order chi connectivity index (χ1) is 7.78. The average Bonchev–Trinajstić information content (AvgIpc) is 1.95. The molecule has 0 bridgehead atoms. The monoisotopic (exact) mass is 390 g/mol. The summed E-state index contributed by atoms with van der Waals surface area (Å²) in [5.41, 5.74) is -2.97. The van der Waals surface area contributed by atoms with E-state index in [0.29, 0.717) is 0 Å². The van der Waals surface area contributed by atoms with Gasteiger partial charge in [-0.2, -0.15) is 0 Å². The fraction of sp³-hybridized carbons (Fsp3) is 0.500. The predicted octanol–water partition coefficient (Wildman–Crippen LogP) is -14.9. The Kier molecular flexibility index (Phi) is 27.0. The van der Waals surface area contributed by atoms with Gasteiger partial charge in [-0.05, 0) is 0 Å². The zero-order chi connectivity index (χ0) is 15.1. The molecule has 0 fully saturated rings. The predicted molar refractivity (Wildman–Crippen MR) is 45.7 cm³/mol. The molecule has 0 radical (unpaired) electrons. The molecule has 0 heterocycles. The van der Waals surface area contributed by atoms with Crippen LogP contribution in [0.25, 0.3) is 0 Å². The summed E-state index contributed by atoms with van der Waals surface area (Å²) in [6.45, 7) is 0. The van der Waals surface area contributed by atoms with Crippen LogP contribution in [-0.2, 0) is 18.9 Å². The minimum absolute atomic E-state index is 0. The van der Waals surface area contributed by atoms with Crippen molar-refractivity contribution in [2.75, 3.05) is 0 Å². The van der Waals surface area contributed by atoms with E-state index in [1.54, 1.807) is 0 Å². The number of carbonyl (C=O) groups excluding carboxylic acids is 3. The second-order valence-corrected chi connectivity index (χ2v) is 3.96. The zero-order valence-electron chi connectivity index (χ0n) is 13.5. The van der Waals surface area contributed by atoms with E-state index in [1.165, 1.54) is 0 Å². The van der Waals surface area contributed by atoms with Gasteiger partial charge in [0.15, 0.2) is 0 Å². The van der Waals surface area contributed by atoms with Gasteiger partial charge < -0.3 is 50.9 Å². The minimum Gasteiger partial charge on any atom is -1.00 e. The minimum atomic E-state index is -4.64. The third-order valence-corrected chi connectivity index (χ3v) is 1.25. The summed E-state index contributed by atoms with van der Waals surface area (Å²) in [6.07, 6.45) is -2.72. The maximum absolute atomic E-state index is 10.1. The van der Waals surface area contributed by atoms with Crippen LogP contribution < -0.4 is 148 Å². The molecule has 0 saturated heterocycles. The molecule has 21 heavy (non-hydrogen) atoms. The summed E-state index contributed by atoms with van der Waals surface area (Å²) in [5.74, 6) is -5.98. The van der Waals surface area contributed by atoms with Crippen molar-refractivity contribution in [2.45, 2.75) is 18.4 Å². The summed E-state index contributed by atoms with van der Waals surface area (Å²) in [5, 5.41) is 38.9. The van der Waals surface area contributed by atoms with E-state index in [2.05, 4.69) is 0 Å². The molecule has 0 saturated carbocycles. The number of carboxylic acids is 3. The van der Waals surface area contributed by atoms with Gasteiger partial charge in [0.05, 0.1) is 5.97 Å². The molecule has 4 N–H and O–H groups in total. The van der Waals surface area contributed by atoms with E-state index in [0.717, 1.165) is 0 Å². The molecule has 0 aromatic rings. The summed E-state index contributed by atoms with van der Waals surface area (Å²) >= 11 is 0. The Labute approximate surface area is 228 Å². The van der Waals surface area contributed by atoms with Crippen molar-refractivity contribution in [2.24, 2.45) is 0 Å². The van der Waals surface area contributed by atoms with Crippen LogP contribution in [0.1, 0.15) is 15.7 Å². The molecule has 0 unspecified atom stereocenters. The van der Waals surface area contributed by atoms with Crippen LogP contribution in [0.3, 0.4) is 0 Å². The largest absolute Gasteiger partial charge is 1.00 e. The molecule has 0 aliphatic heterocycles. The Morgan fingerprint density at radius 2 is 1.19 bits per heavy atom. The molecule has 0 aliphatic rings. The molecule has 15 heteroatoms. The number of aliphatic carboxylic acids is 3. The van der Waals surface area contributed by atoms with Gasteiger partial charge in [-0.3, -0.25) is 0 Å². The molecule has 0 spiro atoms. The van der Waals surface area contributed by atoms with Gasteiger partial charge in [0.2, 0.25) is 0 Å². The Hall–Kier alpha value is 2.75. The van der Waals surface area contributed by atoms with Crippen LogP contribution in [0.15, 0.2) is 0 Å². The molecular weight excluding hydrogens is 380 g/mol. The van der Waals surface area contributed by atoms with Gasteiger partial charge in [-0.25, -0.2) is 4.57 Å². The number of carboxylic acid groups (broad SMARTS) is 3. The Bertz CT molecular complexity index is 368. The Morgan fingerprint density at radius 1 is 1.00 bits per heavy atom. The van der Waals surface area contributed by atoms with E-state index in [9.17, 15) is 29.7 Å². The maximum Gasteiger partial charge on any atom is 1.00 e. The first-order valence-electron chi connectivity index (χ1n) is 3.90. The second-order valence-electron chi connectivity index (χ2n) is 2.93. The molecule has 0 rings (SSSR count). The van der Waals surface area contributed by atoms with Gasteiger partial charge in [0.1, 0.15) is 5.60 Å². The number of aliphatic hydroxyl groups is 1. The number of hydrogen-bond acceptors (Lipinski definition) is 8. The fourth-order valence-corrected chi connectivity index (χ4v) is 0.684. The maximum atomic E-state index is 10.1. The van der Waals surface area contributed by atoms with Gasteiger partial charge in [0.25, 0.3) is 0 Å². The van der Waals surface area contributed by atoms with Crippen molar-refractivity contribution in [1.29, 1.82) is 0 Å². The number of hydrogen-bond donors (Lipinski definition) is 4. The van der Waals surface area contributed by atoms with Crippen LogP contribution in [0.5, 0.6) is 0 Å². The van der Waals surface area contributed by atoms with Gasteiger partial charge in [-0.1, -0.05) is 0 Å². The summed E-state index contributed by atoms with van der Waals surface area (Å²) in [7, 11) is -4.64. The first-order valence-corrected chi connectivity index (χ1v) is 5.46. The van der Waals surface area contributed by atoms with Crippen LogP contribution in [0, 0.1) is 0 Å². The van der Waals surface area contributed by atoms with E-state index in [4.69, 9.17) is 24.4 Å². The number of phosphoric acid groups is 1. The van der Waals surface area contributed by atoms with Crippen molar-refractivity contribution >= 4 is 25.7 Å². The molecule has 0 aliphatic carbocycles. The third kappa shape index (κ3) is 27.9. The summed E-state index contributed by atoms with van der Waals surface area (Å²) in [6, 6.07) is 0. The SMILES string of the molecule is O=C([O-])CC(O)(CC(=O)[O-])C(=O)[O-].O=P(O)(O)O.[H+].[H-].[K+].[K+].[Na+]. The molecule has 11 nitrogen and oxygen atoms in total. The van der Waals surface area contributed by atoms with Crippen molar-refractivity contribution in [1.82, 2.24) is 0 Å².